The molecule has 4 atom stereocenters. The van der Waals surface area contributed by atoms with Gasteiger partial charge in [-0.15, -0.1) is 0 Å². The molecule has 350 valence electrons. The van der Waals surface area contributed by atoms with Crippen LogP contribution in [0.5, 0.6) is 0 Å². The minimum Gasteiger partial charge on any atom is -0.464 e. The molecule has 2 aromatic heterocycles. The quantitative estimate of drug-likeness (QED) is 0.171. The summed E-state index contributed by atoms with van der Waals surface area (Å²) < 4.78 is 57.7. The number of nitrogens with zero attached hydrogens (tertiary/aromatic N) is 5. The minimum absolute atomic E-state index is 0.0776. The van der Waals surface area contributed by atoms with E-state index < -0.39 is 59.9 Å². The highest BCUT2D eigenvalue weighted by molar-refractivity contribution is 5.96. The lowest BCUT2D eigenvalue weighted by molar-refractivity contribution is -0.155. The van der Waals surface area contributed by atoms with Gasteiger partial charge >= 0.3 is 18.2 Å². The number of carbonyl (C=O) groups is 3. The number of benzene rings is 2. The number of aliphatic hydroxyl groups is 1. The van der Waals surface area contributed by atoms with E-state index in [1.54, 1.807) is 46.0 Å². The monoisotopic (exact) mass is 901 g/mol. The van der Waals surface area contributed by atoms with Crippen LogP contribution in [0, 0.1) is 5.41 Å². The first-order chi connectivity index (χ1) is 30.7. The number of hydrogen-bond acceptors (Lipinski definition) is 10. The summed E-state index contributed by atoms with van der Waals surface area (Å²) in [7, 11) is 0. The molecule has 2 amide bonds. The second-order valence-corrected chi connectivity index (χ2v) is 20.1. The maximum Gasteiger partial charge on any atom is 0.408 e. The molecule has 0 spiro atoms. The van der Waals surface area contributed by atoms with Crippen LogP contribution in [-0.2, 0) is 38.4 Å². The number of aliphatic hydroxyl groups excluding tert-OH is 1. The lowest BCUT2D eigenvalue weighted by Crippen LogP contribution is -2.60. The van der Waals surface area contributed by atoms with Crippen LogP contribution in [0.4, 0.5) is 23.7 Å². The van der Waals surface area contributed by atoms with Gasteiger partial charge in [-0.25, -0.2) is 10.2 Å². The number of alkyl carbamates (subject to hydrolysis) is 1. The first-order valence-electron chi connectivity index (χ1n) is 22.9. The normalized spacial score (nSPS) is 22.8. The zero-order valence-electron chi connectivity index (χ0n) is 38.3. The molecule has 4 aromatic rings. The number of fused-ring (bicyclic) bond motifs is 7. The van der Waals surface area contributed by atoms with Gasteiger partial charge in [-0.3, -0.25) is 24.5 Å². The van der Waals surface area contributed by atoms with Crippen LogP contribution in [0.2, 0.25) is 0 Å². The van der Waals surface area contributed by atoms with Crippen LogP contribution in [0.15, 0.2) is 54.7 Å². The van der Waals surface area contributed by atoms with Gasteiger partial charge < -0.3 is 29.4 Å². The number of ether oxygens (including phenoxy) is 2. The molecule has 13 nitrogen and oxygen atoms in total. The zero-order chi connectivity index (χ0) is 46.4. The zero-order valence-corrected chi connectivity index (χ0v) is 38.3. The molecule has 3 fully saturated rings. The highest BCUT2D eigenvalue weighted by atomic mass is 19.4. The first kappa shape index (κ1) is 46.3. The number of amides is 2. The lowest BCUT2D eigenvalue weighted by Gasteiger charge is -2.45. The fourth-order valence-corrected chi connectivity index (χ4v) is 9.95. The van der Waals surface area contributed by atoms with Gasteiger partial charge in [0.1, 0.15) is 24.2 Å². The summed E-state index contributed by atoms with van der Waals surface area (Å²) in [4.78, 5) is 50.8. The maximum absolute atomic E-state index is 14.9. The SMILES string of the molecule is C[C@H](O)c1ncc(N2CCN3CCCC[C@@H]3C2)cc1-c1c2c3cc(ccc3n1CC(F)(F)F)-c1cccc(c1)C[C@H](NC(=O)OC(C)(C)C)C(=O)N1CCC[C@H](N1)C(=O)OCC(C)(C)C2. The predicted octanol–water partition coefficient (Wildman–Crippen LogP) is 7.72. The van der Waals surface area contributed by atoms with Gasteiger partial charge in [-0.1, -0.05) is 50.6 Å². The van der Waals surface area contributed by atoms with E-state index in [4.69, 9.17) is 14.5 Å². The number of halogens is 3. The number of piperazine rings is 1. The third-order valence-electron chi connectivity index (χ3n) is 12.9. The highest BCUT2D eigenvalue weighted by Gasteiger charge is 2.38. The number of rotatable bonds is 5. The largest absolute Gasteiger partial charge is 0.464 e. The molecule has 3 saturated heterocycles. The van der Waals surface area contributed by atoms with E-state index in [1.807, 2.05) is 50.2 Å². The molecule has 16 heteroatoms. The van der Waals surface area contributed by atoms with Crippen molar-refractivity contribution in [1.29, 1.82) is 0 Å². The Bertz CT molecular complexity index is 2430. The van der Waals surface area contributed by atoms with Crippen molar-refractivity contribution < 1.29 is 42.1 Å². The molecule has 3 N–H and O–H groups in total. The van der Waals surface area contributed by atoms with Crippen LogP contribution < -0.4 is 15.6 Å². The Balaban J connectivity index is 1.29. The number of nitrogens with one attached hydrogen (secondary N) is 2. The van der Waals surface area contributed by atoms with Crippen LogP contribution >= 0.6 is 0 Å². The van der Waals surface area contributed by atoms with Crippen LogP contribution in [0.1, 0.15) is 96.6 Å². The topological polar surface area (TPSA) is 142 Å². The second-order valence-electron chi connectivity index (χ2n) is 20.1. The number of piperidine rings is 1. The van der Waals surface area contributed by atoms with E-state index in [9.17, 15) is 32.7 Å². The van der Waals surface area contributed by atoms with Gasteiger partial charge in [0.05, 0.1) is 36.0 Å². The summed E-state index contributed by atoms with van der Waals surface area (Å²) >= 11 is 0. The van der Waals surface area contributed by atoms with Crippen molar-refractivity contribution in [2.75, 3.05) is 44.2 Å². The number of pyridine rings is 1. The van der Waals surface area contributed by atoms with Gasteiger partial charge in [0.25, 0.3) is 5.91 Å². The number of hydrogen-bond donors (Lipinski definition) is 3. The maximum atomic E-state index is 14.9. The summed E-state index contributed by atoms with van der Waals surface area (Å²) in [6, 6.07) is 13.2. The van der Waals surface area contributed by atoms with Crippen molar-refractivity contribution in [1.82, 2.24) is 30.2 Å². The van der Waals surface area contributed by atoms with Gasteiger partial charge in [0, 0.05) is 60.5 Å². The Morgan fingerprint density at radius 1 is 1.02 bits per heavy atom. The third-order valence-corrected chi connectivity index (χ3v) is 12.9. The Morgan fingerprint density at radius 3 is 2.55 bits per heavy atom. The Labute approximate surface area is 378 Å². The summed E-state index contributed by atoms with van der Waals surface area (Å²) in [6.07, 6.45) is -0.189. The molecule has 8 rings (SSSR count). The molecule has 0 unspecified atom stereocenters. The van der Waals surface area contributed by atoms with Crippen molar-refractivity contribution >= 4 is 34.6 Å². The molecular weight excluding hydrogens is 840 g/mol. The van der Waals surface area contributed by atoms with Crippen molar-refractivity contribution in [2.45, 2.75) is 129 Å². The van der Waals surface area contributed by atoms with Crippen molar-refractivity contribution in [3.63, 3.8) is 0 Å². The van der Waals surface area contributed by atoms with Gasteiger partial charge in [-0.2, -0.15) is 13.2 Å². The van der Waals surface area contributed by atoms with Crippen LogP contribution in [-0.4, -0.2) is 112 Å². The Morgan fingerprint density at radius 2 is 1.80 bits per heavy atom. The molecule has 6 heterocycles. The molecular formula is C49H62F3N7O6. The Hall–Kier alpha value is -5.19. The highest BCUT2D eigenvalue weighted by Crippen LogP contribution is 2.44. The number of cyclic esters (lactones) is 1. The molecule has 4 aliphatic heterocycles. The summed E-state index contributed by atoms with van der Waals surface area (Å²) in [5.74, 6) is -1.02. The van der Waals surface area contributed by atoms with E-state index in [0.717, 1.165) is 55.8 Å². The van der Waals surface area contributed by atoms with Crippen LogP contribution in [0.25, 0.3) is 33.3 Å². The molecule has 0 saturated carbocycles. The summed E-state index contributed by atoms with van der Waals surface area (Å²) in [5, 5.41) is 16.0. The Kier molecular flexibility index (Phi) is 13.0. The number of aromatic nitrogens is 2. The second kappa shape index (κ2) is 18.2. The van der Waals surface area contributed by atoms with Crippen LogP contribution in [0.3, 0.4) is 0 Å². The average molecular weight is 902 g/mol. The van der Waals surface area contributed by atoms with Crippen molar-refractivity contribution in [3.8, 4) is 22.4 Å². The smallest absolute Gasteiger partial charge is 0.408 e. The van der Waals surface area contributed by atoms with Crippen molar-refractivity contribution in [3.05, 3.63) is 71.5 Å². The van der Waals surface area contributed by atoms with E-state index in [-0.39, 0.29) is 25.1 Å². The predicted molar refractivity (Wildman–Crippen MR) is 242 cm³/mol. The number of alkyl halides is 3. The van der Waals surface area contributed by atoms with E-state index in [1.165, 1.54) is 16.0 Å². The molecule has 0 aliphatic carbocycles. The third kappa shape index (κ3) is 10.6. The average Bonchev–Trinajstić information content (AvgIpc) is 3.53. The first-order valence-corrected chi connectivity index (χ1v) is 22.9. The van der Waals surface area contributed by atoms with E-state index in [2.05, 4.69) is 20.5 Å². The number of anilines is 1. The fourth-order valence-electron chi connectivity index (χ4n) is 9.95. The molecule has 4 aliphatic rings. The molecule has 0 radical (unpaired) electrons. The number of esters is 1. The van der Waals surface area contributed by atoms with Crippen molar-refractivity contribution in [2.24, 2.45) is 5.41 Å². The molecule has 65 heavy (non-hydrogen) atoms. The molecule has 2 aromatic carbocycles. The fraction of sp³-hybridized carbons (Fsp3) is 0.551. The van der Waals surface area contributed by atoms with Gasteiger partial charge in [0.2, 0.25) is 0 Å². The van der Waals surface area contributed by atoms with E-state index in [0.29, 0.717) is 58.7 Å². The minimum atomic E-state index is -4.61. The lowest BCUT2D eigenvalue weighted by atomic mass is 9.84. The standard InChI is InChI=1S/C49H62F3N7O6/c1-30(60)42-37(24-35(26-53-42)57-20-19-56-17-8-7-13-34(56)27-57)43-38-25-48(5,6)29-64-45(62)39-14-10-18-59(55-39)44(61)40(54-46(63)65-47(2,3)4)22-31-11-9-12-32(21-31)33-15-16-41(36(38)23-33)58(43)28-49(50,51)52/h9,11-12,15-16,21,23-24,26,30,34,39-40,55,60H,7-8,10,13-14,17-20,22,25,27-29H2,1-6H3,(H,54,63)/t30-,34+,39-,40-/m0/s1. The molecule has 6 bridgehead atoms. The summed E-state index contributed by atoms with van der Waals surface area (Å²) in [5.41, 5.74) is 6.32. The van der Waals surface area contributed by atoms with Gasteiger partial charge in [0.15, 0.2) is 0 Å². The van der Waals surface area contributed by atoms with Gasteiger partial charge in [-0.05, 0) is 107 Å². The van der Waals surface area contributed by atoms with E-state index >= 15 is 0 Å². The number of hydrazine groups is 1. The summed E-state index contributed by atoms with van der Waals surface area (Å²) in [6.45, 7) is 12.9. The number of carbonyl (C=O) groups excluding carboxylic acids is 3.